The molecule has 0 spiro atoms. The molecule has 6 atom stereocenters. The number of imidazole rings is 1. The second kappa shape index (κ2) is 9.33. The normalized spacial score (nSPS) is 32.3. The predicted molar refractivity (Wildman–Crippen MR) is 124 cm³/mol. The molecular formula is C20H30ClN6O6P. The van der Waals surface area contributed by atoms with E-state index in [2.05, 4.69) is 20.0 Å². The molecule has 2 aromatic heterocycles. The summed E-state index contributed by atoms with van der Waals surface area (Å²) in [5.74, 6) is -0.389. The molecule has 0 aromatic carbocycles. The zero-order valence-electron chi connectivity index (χ0n) is 19.7. The van der Waals surface area contributed by atoms with Crippen LogP contribution in [0.2, 0.25) is 0 Å². The summed E-state index contributed by atoms with van der Waals surface area (Å²) in [6, 6.07) is -0.456. The number of rotatable bonds is 7. The second-order valence-corrected chi connectivity index (χ2v) is 11.9. The smallest absolute Gasteiger partial charge is 0.406 e. The Hall–Kier alpha value is -1.82. The van der Waals surface area contributed by atoms with Crippen LogP contribution in [-0.2, 0) is 27.9 Å². The zero-order chi connectivity index (χ0) is 24.8. The first kappa shape index (κ1) is 25.3. The van der Waals surface area contributed by atoms with Crippen LogP contribution in [0.1, 0.15) is 40.8 Å². The molecule has 188 valence electrons. The molecule has 3 N–H and O–H groups in total. The molecule has 4 rings (SSSR count). The van der Waals surface area contributed by atoms with Gasteiger partial charge in [-0.15, -0.1) is 11.6 Å². The minimum Gasteiger partial charge on any atom is -0.464 e. The highest BCUT2D eigenvalue weighted by Gasteiger charge is 2.60. The molecule has 2 fully saturated rings. The lowest BCUT2D eigenvalue weighted by Crippen LogP contribution is -2.47. The third kappa shape index (κ3) is 4.67. The minimum absolute atomic E-state index is 0.00585. The molecule has 0 aliphatic carbocycles. The van der Waals surface area contributed by atoms with Gasteiger partial charge in [-0.25, -0.2) is 24.6 Å². The maximum atomic E-state index is 13.5. The van der Waals surface area contributed by atoms with Gasteiger partial charge in [0.25, 0.3) is 0 Å². The molecule has 0 bridgehead atoms. The number of halogens is 1. The van der Waals surface area contributed by atoms with Crippen molar-refractivity contribution in [3.8, 4) is 0 Å². The number of esters is 1. The molecule has 0 saturated carbocycles. The Kier molecular flexibility index (Phi) is 6.93. The number of alkyl halides is 1. The van der Waals surface area contributed by atoms with Crippen molar-refractivity contribution >= 4 is 42.3 Å². The van der Waals surface area contributed by atoms with E-state index in [4.69, 9.17) is 35.9 Å². The quantitative estimate of drug-likeness (QED) is 0.317. The number of nitrogen functional groups attached to an aromatic ring is 1. The van der Waals surface area contributed by atoms with E-state index in [1.54, 1.807) is 25.3 Å². The van der Waals surface area contributed by atoms with Crippen molar-refractivity contribution in [3.05, 3.63) is 12.7 Å². The van der Waals surface area contributed by atoms with Crippen LogP contribution in [0.15, 0.2) is 12.7 Å². The van der Waals surface area contributed by atoms with Crippen LogP contribution in [0.25, 0.3) is 11.2 Å². The van der Waals surface area contributed by atoms with Crippen LogP contribution in [-0.4, -0.2) is 61.8 Å². The summed E-state index contributed by atoms with van der Waals surface area (Å²) in [6.45, 7) is 9.08. The Balaban J connectivity index is 1.52. The van der Waals surface area contributed by atoms with Gasteiger partial charge >= 0.3 is 13.7 Å². The number of hydrogen-bond donors (Lipinski definition) is 2. The molecule has 2 aliphatic heterocycles. The highest BCUT2D eigenvalue weighted by atomic mass is 35.5. The molecule has 34 heavy (non-hydrogen) atoms. The second-order valence-electron chi connectivity index (χ2n) is 9.34. The van der Waals surface area contributed by atoms with Gasteiger partial charge in [0.1, 0.15) is 35.5 Å². The number of nitrogens with two attached hydrogens (primary N) is 1. The summed E-state index contributed by atoms with van der Waals surface area (Å²) in [4.78, 5) is 23.2. The number of aromatic nitrogens is 4. The molecular weight excluding hydrogens is 487 g/mol. The SMILES string of the molecule is CC(C)C(=O)OC[C@H](N[P@@]1(=O)OC[C@H]2O[C@@H](n3cnc4c(N)ncnc43)[C@](C)(Cl)[C@@H]2O1)C(C)C. The summed E-state index contributed by atoms with van der Waals surface area (Å²) in [5.41, 5.74) is 6.78. The third-order valence-corrected chi connectivity index (χ3v) is 8.03. The maximum Gasteiger partial charge on any atom is 0.406 e. The van der Waals surface area contributed by atoms with Gasteiger partial charge in [-0.2, -0.15) is 0 Å². The highest BCUT2D eigenvalue weighted by molar-refractivity contribution is 7.51. The number of ether oxygens (including phenoxy) is 2. The maximum absolute atomic E-state index is 13.5. The summed E-state index contributed by atoms with van der Waals surface area (Å²) in [7, 11) is -3.79. The monoisotopic (exact) mass is 516 g/mol. The highest BCUT2D eigenvalue weighted by Crippen LogP contribution is 2.58. The first-order chi connectivity index (χ1) is 15.9. The van der Waals surface area contributed by atoms with E-state index >= 15 is 0 Å². The summed E-state index contributed by atoms with van der Waals surface area (Å²) in [6.07, 6.45) is 0.762. The van der Waals surface area contributed by atoms with Gasteiger partial charge in [-0.05, 0) is 12.8 Å². The van der Waals surface area contributed by atoms with E-state index in [9.17, 15) is 9.36 Å². The Bertz CT molecular complexity index is 1110. The number of nitrogens with zero attached hydrogens (tertiary/aromatic N) is 4. The fraction of sp³-hybridized carbons (Fsp3) is 0.700. The van der Waals surface area contributed by atoms with Crippen LogP contribution in [0, 0.1) is 11.8 Å². The summed E-state index contributed by atoms with van der Waals surface area (Å²) >= 11 is 6.96. The molecule has 14 heteroatoms. The number of hydrogen-bond acceptors (Lipinski definition) is 10. The largest absolute Gasteiger partial charge is 0.464 e. The molecule has 12 nitrogen and oxygen atoms in total. The van der Waals surface area contributed by atoms with Crippen molar-refractivity contribution in [1.82, 2.24) is 24.6 Å². The van der Waals surface area contributed by atoms with Gasteiger partial charge in [0, 0.05) is 0 Å². The van der Waals surface area contributed by atoms with Crippen molar-refractivity contribution in [2.45, 2.75) is 64.0 Å². The summed E-state index contributed by atoms with van der Waals surface area (Å²) in [5, 5.41) is 2.93. The number of anilines is 1. The van der Waals surface area contributed by atoms with Crippen LogP contribution in [0.3, 0.4) is 0 Å². The third-order valence-electron chi connectivity index (χ3n) is 5.99. The van der Waals surface area contributed by atoms with Gasteiger partial charge < -0.3 is 15.2 Å². The minimum atomic E-state index is -3.79. The first-order valence-electron chi connectivity index (χ1n) is 11.1. The van der Waals surface area contributed by atoms with E-state index in [0.717, 1.165) is 0 Å². The number of carbonyl (C=O) groups is 1. The Morgan fingerprint density at radius 2 is 2.12 bits per heavy atom. The molecule has 2 aromatic rings. The predicted octanol–water partition coefficient (Wildman–Crippen LogP) is 2.64. The van der Waals surface area contributed by atoms with Crippen molar-refractivity contribution in [2.75, 3.05) is 18.9 Å². The van der Waals surface area contributed by atoms with Gasteiger partial charge in [-0.3, -0.25) is 18.4 Å². The number of nitrogens with one attached hydrogen (secondary N) is 1. The lowest BCUT2D eigenvalue weighted by Gasteiger charge is -2.37. The van der Waals surface area contributed by atoms with Crippen molar-refractivity contribution < 1.29 is 27.9 Å². The van der Waals surface area contributed by atoms with E-state index in [1.165, 1.54) is 12.7 Å². The van der Waals surface area contributed by atoms with Crippen LogP contribution < -0.4 is 10.8 Å². The Morgan fingerprint density at radius 1 is 1.38 bits per heavy atom. The fourth-order valence-electron chi connectivity index (χ4n) is 3.89. The average Bonchev–Trinajstić information content (AvgIpc) is 3.30. The zero-order valence-corrected chi connectivity index (χ0v) is 21.3. The van der Waals surface area contributed by atoms with Gasteiger partial charge in [-0.1, -0.05) is 27.7 Å². The Morgan fingerprint density at radius 3 is 2.79 bits per heavy atom. The van der Waals surface area contributed by atoms with Crippen LogP contribution in [0.4, 0.5) is 5.82 Å². The van der Waals surface area contributed by atoms with Crippen molar-refractivity contribution in [3.63, 3.8) is 0 Å². The number of carbonyl (C=O) groups excluding carboxylic acids is 1. The van der Waals surface area contributed by atoms with Crippen LogP contribution >= 0.6 is 19.3 Å². The van der Waals surface area contributed by atoms with Gasteiger partial charge in [0.15, 0.2) is 17.7 Å². The lowest BCUT2D eigenvalue weighted by molar-refractivity contribution is -0.148. The topological polar surface area (TPSA) is 153 Å². The van der Waals surface area contributed by atoms with Crippen molar-refractivity contribution in [2.24, 2.45) is 11.8 Å². The number of fused-ring (bicyclic) bond motifs is 2. The molecule has 2 saturated heterocycles. The molecule has 0 radical (unpaired) electrons. The van der Waals surface area contributed by atoms with E-state index in [1.807, 2.05) is 13.8 Å². The lowest BCUT2D eigenvalue weighted by atomic mass is 10.0. The standard InChI is InChI=1S/C20H30ClN6O6P/c1-10(2)12(6-30-18(28)11(3)4)26-34(29)31-7-13-15(33-34)20(5,21)19(32-13)27-9-25-14-16(22)23-8-24-17(14)27/h8-13,15,19H,6-7H2,1-5H3,(H,26,29)(H2,22,23,24)/t12-,13+,15+,19+,20+,34+/m0/s1. The average molecular weight is 517 g/mol. The summed E-state index contributed by atoms with van der Waals surface area (Å²) < 4.78 is 38.2. The molecule has 0 unspecified atom stereocenters. The molecule has 2 aliphatic rings. The first-order valence-corrected chi connectivity index (χ1v) is 13.0. The molecule has 4 heterocycles. The van der Waals surface area contributed by atoms with E-state index in [0.29, 0.717) is 11.2 Å². The fourth-order valence-corrected chi connectivity index (χ4v) is 6.27. The van der Waals surface area contributed by atoms with E-state index < -0.39 is 37.1 Å². The van der Waals surface area contributed by atoms with E-state index in [-0.39, 0.29) is 36.8 Å². The van der Waals surface area contributed by atoms with Gasteiger partial charge in [0.05, 0.1) is 24.9 Å². The van der Waals surface area contributed by atoms with Crippen molar-refractivity contribution in [1.29, 1.82) is 0 Å². The molecule has 0 amide bonds. The Labute approximate surface area is 202 Å². The van der Waals surface area contributed by atoms with Gasteiger partial charge in [0.2, 0.25) is 0 Å². The van der Waals surface area contributed by atoms with Crippen LogP contribution in [0.5, 0.6) is 0 Å².